The van der Waals surface area contributed by atoms with E-state index in [0.717, 1.165) is 16.6 Å². The van der Waals surface area contributed by atoms with Crippen molar-refractivity contribution in [2.75, 3.05) is 6.26 Å². The lowest BCUT2D eigenvalue weighted by molar-refractivity contribution is 0.282. The van der Waals surface area contributed by atoms with Crippen molar-refractivity contribution in [3.05, 3.63) is 23.8 Å². The van der Waals surface area contributed by atoms with Crippen molar-refractivity contribution >= 4 is 23.1 Å². The third kappa shape index (κ3) is 1.35. The normalized spacial score (nSPS) is 10.6. The van der Waals surface area contributed by atoms with Gasteiger partial charge in [0.1, 0.15) is 11.0 Å². The number of aromatic nitrogens is 3. The van der Waals surface area contributed by atoms with Crippen molar-refractivity contribution in [3.8, 4) is 0 Å². The average molecular weight is 195 g/mol. The van der Waals surface area contributed by atoms with Gasteiger partial charge in [0.2, 0.25) is 0 Å². The second kappa shape index (κ2) is 3.26. The highest BCUT2D eigenvalue weighted by atomic mass is 32.2. The number of aryl methyl sites for hydroxylation is 1. The first-order chi connectivity index (χ1) is 6.33. The van der Waals surface area contributed by atoms with Crippen LogP contribution >= 0.6 is 12.0 Å². The van der Waals surface area contributed by atoms with Gasteiger partial charge in [-0.1, -0.05) is 17.0 Å². The van der Waals surface area contributed by atoms with E-state index in [1.165, 1.54) is 16.9 Å². The quantitative estimate of drug-likeness (QED) is 0.680. The second-order valence-corrected chi connectivity index (χ2v) is 3.13. The molecular formula is C8H9N3OS. The van der Waals surface area contributed by atoms with Crippen LogP contribution in [-0.4, -0.2) is 21.4 Å². The molecule has 2 aromatic rings. The molecule has 0 amide bonds. The minimum atomic E-state index is 0.856. The third-order valence-electron chi connectivity index (χ3n) is 1.79. The van der Waals surface area contributed by atoms with Gasteiger partial charge >= 0.3 is 0 Å². The molecule has 2 rings (SSSR count). The first kappa shape index (κ1) is 8.37. The van der Waals surface area contributed by atoms with Crippen molar-refractivity contribution in [2.45, 2.75) is 6.92 Å². The zero-order valence-corrected chi connectivity index (χ0v) is 8.21. The van der Waals surface area contributed by atoms with Crippen LogP contribution in [0.1, 0.15) is 5.56 Å². The van der Waals surface area contributed by atoms with Gasteiger partial charge in [-0.3, -0.25) is 0 Å². The molecule has 0 aliphatic rings. The fraction of sp³-hybridized carbons (Fsp3) is 0.250. The summed E-state index contributed by atoms with van der Waals surface area (Å²) in [6.45, 7) is 2.01. The van der Waals surface area contributed by atoms with Gasteiger partial charge in [0.25, 0.3) is 0 Å². The Morgan fingerprint density at radius 3 is 3.08 bits per heavy atom. The molecule has 0 N–H and O–H groups in total. The molecule has 0 aliphatic heterocycles. The van der Waals surface area contributed by atoms with Crippen molar-refractivity contribution in [3.63, 3.8) is 0 Å². The molecule has 13 heavy (non-hydrogen) atoms. The summed E-state index contributed by atoms with van der Waals surface area (Å²) in [4.78, 5) is 1.44. The van der Waals surface area contributed by atoms with E-state index in [2.05, 4.69) is 10.3 Å². The fourth-order valence-corrected chi connectivity index (χ4v) is 1.47. The molecule has 0 saturated carbocycles. The Morgan fingerprint density at radius 2 is 2.31 bits per heavy atom. The van der Waals surface area contributed by atoms with E-state index in [1.807, 2.05) is 31.4 Å². The number of hydrogen-bond donors (Lipinski definition) is 0. The van der Waals surface area contributed by atoms with E-state index in [-0.39, 0.29) is 0 Å². The molecule has 0 bridgehead atoms. The smallest absolute Gasteiger partial charge is 0.135 e. The van der Waals surface area contributed by atoms with E-state index in [0.29, 0.717) is 0 Å². The molecular weight excluding hydrogens is 186 g/mol. The zero-order valence-electron chi connectivity index (χ0n) is 7.39. The molecule has 68 valence electrons. The van der Waals surface area contributed by atoms with Crippen LogP contribution in [0, 0.1) is 6.92 Å². The van der Waals surface area contributed by atoms with E-state index in [4.69, 9.17) is 4.28 Å². The van der Waals surface area contributed by atoms with Crippen LogP contribution in [0.15, 0.2) is 18.2 Å². The number of para-hydroxylation sites is 1. The van der Waals surface area contributed by atoms with E-state index in [1.54, 1.807) is 0 Å². The summed E-state index contributed by atoms with van der Waals surface area (Å²) in [7, 11) is 0. The summed E-state index contributed by atoms with van der Waals surface area (Å²) in [5.74, 6) is 0. The molecule has 0 fully saturated rings. The van der Waals surface area contributed by atoms with Crippen molar-refractivity contribution in [2.24, 2.45) is 0 Å². The van der Waals surface area contributed by atoms with Gasteiger partial charge in [-0.2, -0.15) is 0 Å². The zero-order chi connectivity index (χ0) is 9.26. The van der Waals surface area contributed by atoms with Crippen LogP contribution in [0.25, 0.3) is 11.0 Å². The molecule has 1 heterocycles. The summed E-state index contributed by atoms with van der Waals surface area (Å²) < 4.78 is 5.20. The first-order valence-corrected chi connectivity index (χ1v) is 5.00. The van der Waals surface area contributed by atoms with Crippen molar-refractivity contribution < 1.29 is 4.28 Å². The van der Waals surface area contributed by atoms with Gasteiger partial charge in [0, 0.05) is 6.26 Å². The van der Waals surface area contributed by atoms with Crippen molar-refractivity contribution in [1.82, 2.24) is 15.2 Å². The maximum absolute atomic E-state index is 5.20. The first-order valence-electron chi connectivity index (χ1n) is 3.85. The fourth-order valence-electron chi connectivity index (χ4n) is 1.23. The van der Waals surface area contributed by atoms with Crippen LogP contribution in [0.2, 0.25) is 0 Å². The van der Waals surface area contributed by atoms with Gasteiger partial charge in [-0.25, -0.2) is 0 Å². The number of benzene rings is 1. The molecule has 0 spiro atoms. The molecule has 4 nitrogen and oxygen atoms in total. The van der Waals surface area contributed by atoms with Crippen LogP contribution in [0.3, 0.4) is 0 Å². The van der Waals surface area contributed by atoms with Gasteiger partial charge in [0.15, 0.2) is 0 Å². The van der Waals surface area contributed by atoms with Crippen molar-refractivity contribution in [1.29, 1.82) is 0 Å². The lowest BCUT2D eigenvalue weighted by Crippen LogP contribution is -2.05. The third-order valence-corrected chi connectivity index (χ3v) is 2.08. The van der Waals surface area contributed by atoms with Crippen LogP contribution in [0.5, 0.6) is 0 Å². The maximum atomic E-state index is 5.20. The molecule has 0 atom stereocenters. The second-order valence-electron chi connectivity index (χ2n) is 2.65. The highest BCUT2D eigenvalue weighted by Gasteiger charge is 2.06. The van der Waals surface area contributed by atoms with Crippen LogP contribution in [-0.2, 0) is 0 Å². The predicted octanol–water partition coefficient (Wildman–Crippen LogP) is 1.45. The summed E-state index contributed by atoms with van der Waals surface area (Å²) in [5.41, 5.74) is 2.89. The molecule has 0 saturated heterocycles. The molecule has 0 unspecified atom stereocenters. The summed E-state index contributed by atoms with van der Waals surface area (Å²) >= 11 is 1.24. The molecule has 0 radical (unpaired) electrons. The minimum Gasteiger partial charge on any atom is -0.322 e. The Hall–Kier alpha value is -1.23. The van der Waals surface area contributed by atoms with Gasteiger partial charge in [-0.15, -0.1) is 5.10 Å². The van der Waals surface area contributed by atoms with E-state index < -0.39 is 0 Å². The number of nitrogens with zero attached hydrogens (tertiary/aromatic N) is 3. The van der Waals surface area contributed by atoms with E-state index in [9.17, 15) is 0 Å². The minimum absolute atomic E-state index is 0.856. The van der Waals surface area contributed by atoms with Gasteiger partial charge in [-0.05, 0) is 23.8 Å². The van der Waals surface area contributed by atoms with Gasteiger partial charge < -0.3 is 4.28 Å². The average Bonchev–Trinajstić information content (AvgIpc) is 2.51. The Labute approximate surface area is 80.0 Å². The lowest BCUT2D eigenvalue weighted by Gasteiger charge is -2.00. The Balaban J connectivity index is 2.64. The molecule has 1 aromatic carbocycles. The largest absolute Gasteiger partial charge is 0.322 e. The van der Waals surface area contributed by atoms with E-state index >= 15 is 0 Å². The summed E-state index contributed by atoms with van der Waals surface area (Å²) in [5, 5.41) is 7.84. The topological polar surface area (TPSA) is 39.9 Å². The van der Waals surface area contributed by atoms with Crippen LogP contribution in [0.4, 0.5) is 0 Å². The SMILES string of the molecule is CSOn1nnc2cccc(C)c21. The molecule has 0 aliphatic carbocycles. The molecule has 5 heteroatoms. The highest BCUT2D eigenvalue weighted by molar-refractivity contribution is 7.94. The highest BCUT2D eigenvalue weighted by Crippen LogP contribution is 2.14. The Morgan fingerprint density at radius 1 is 1.46 bits per heavy atom. The Bertz CT molecular complexity index is 426. The van der Waals surface area contributed by atoms with Gasteiger partial charge in [0.05, 0.1) is 12.0 Å². The number of rotatable bonds is 2. The number of hydrogen-bond acceptors (Lipinski definition) is 4. The summed E-state index contributed by atoms with van der Waals surface area (Å²) in [6.07, 6.45) is 1.84. The van der Waals surface area contributed by atoms with Crippen LogP contribution < -0.4 is 4.28 Å². The standard InChI is InChI=1S/C8H9N3OS/c1-6-4-3-5-7-8(6)11(10-9-7)12-13-2/h3-5H,1-2H3. The number of fused-ring (bicyclic) bond motifs is 1. The monoisotopic (exact) mass is 195 g/mol. The maximum Gasteiger partial charge on any atom is 0.135 e. The Kier molecular flexibility index (Phi) is 2.10. The summed E-state index contributed by atoms with van der Waals surface area (Å²) in [6, 6.07) is 5.87. The predicted molar refractivity (Wildman–Crippen MR) is 52.4 cm³/mol. The lowest BCUT2D eigenvalue weighted by atomic mass is 10.2. The molecule has 1 aromatic heterocycles.